The van der Waals surface area contributed by atoms with Crippen LogP contribution in [0.4, 0.5) is 5.82 Å². The second kappa shape index (κ2) is 9.19. The molecular weight excluding hydrogens is 466 g/mol. The lowest BCUT2D eigenvalue weighted by molar-refractivity contribution is -0.0524. The summed E-state index contributed by atoms with van der Waals surface area (Å²) in [4.78, 5) is 16.9. The Bertz CT molecular complexity index is 1450. The Morgan fingerprint density at radius 1 is 1.19 bits per heavy atom. The highest BCUT2D eigenvalue weighted by Gasteiger charge is 2.38. The van der Waals surface area contributed by atoms with Gasteiger partial charge in [-0.3, -0.25) is 4.79 Å². The number of fused-ring (bicyclic) bond motifs is 1. The molecule has 8 heteroatoms. The fourth-order valence-electron chi connectivity index (χ4n) is 5.15. The molecule has 2 saturated carbocycles. The Kier molecular flexibility index (Phi) is 5.83. The van der Waals surface area contributed by atoms with E-state index < -0.39 is 5.60 Å². The Morgan fingerprint density at radius 2 is 2.03 bits per heavy atom. The van der Waals surface area contributed by atoms with Crippen LogP contribution in [0.5, 0.6) is 11.6 Å². The molecule has 4 aromatic rings. The van der Waals surface area contributed by atoms with Crippen molar-refractivity contribution in [2.45, 2.75) is 51.2 Å². The molecule has 2 aliphatic rings. The predicted octanol–water partition coefficient (Wildman–Crippen LogP) is 4.96. The molecule has 1 amide bonds. The van der Waals surface area contributed by atoms with E-state index in [1.807, 2.05) is 73.1 Å². The fourth-order valence-corrected chi connectivity index (χ4v) is 5.15. The lowest BCUT2D eigenvalue weighted by Crippen LogP contribution is -2.43. The van der Waals surface area contributed by atoms with E-state index in [4.69, 9.17) is 4.74 Å². The zero-order chi connectivity index (χ0) is 25.6. The highest BCUT2D eigenvalue weighted by Crippen LogP contribution is 2.38. The van der Waals surface area contributed by atoms with Crippen molar-refractivity contribution in [1.29, 1.82) is 0 Å². The molecule has 0 radical (unpaired) electrons. The van der Waals surface area contributed by atoms with Gasteiger partial charge in [-0.25, -0.2) is 9.50 Å². The Morgan fingerprint density at radius 3 is 2.73 bits per heavy atom. The van der Waals surface area contributed by atoms with E-state index in [0.717, 1.165) is 60.3 Å². The van der Waals surface area contributed by atoms with E-state index in [1.165, 1.54) is 0 Å². The van der Waals surface area contributed by atoms with Gasteiger partial charge in [0.2, 0.25) is 5.88 Å². The van der Waals surface area contributed by atoms with Crippen LogP contribution in [0.15, 0.2) is 60.9 Å². The van der Waals surface area contributed by atoms with Crippen molar-refractivity contribution in [2.24, 2.45) is 5.92 Å². The van der Waals surface area contributed by atoms with Crippen LogP contribution in [-0.2, 0) is 0 Å². The van der Waals surface area contributed by atoms with Crippen molar-refractivity contribution in [3.63, 3.8) is 0 Å². The maximum absolute atomic E-state index is 12.6. The van der Waals surface area contributed by atoms with Gasteiger partial charge in [0.05, 0.1) is 17.3 Å². The zero-order valence-electron chi connectivity index (χ0n) is 21.1. The van der Waals surface area contributed by atoms with E-state index >= 15 is 0 Å². The van der Waals surface area contributed by atoms with E-state index in [9.17, 15) is 9.90 Å². The first kappa shape index (κ1) is 23.5. The van der Waals surface area contributed by atoms with Crippen molar-refractivity contribution < 1.29 is 14.6 Å². The van der Waals surface area contributed by atoms with Crippen LogP contribution in [0.1, 0.15) is 48.5 Å². The molecule has 3 aromatic heterocycles. The van der Waals surface area contributed by atoms with E-state index in [-0.39, 0.29) is 5.91 Å². The number of amides is 1. The smallest absolute Gasteiger partial charge is 0.251 e. The first-order valence-corrected chi connectivity index (χ1v) is 12.8. The number of aromatic nitrogens is 3. The number of nitrogens with zero attached hydrogens (tertiary/aromatic N) is 3. The number of nitrogens with one attached hydrogen (secondary N) is 2. The van der Waals surface area contributed by atoms with Gasteiger partial charge in [0.1, 0.15) is 11.6 Å². The third-order valence-electron chi connectivity index (χ3n) is 7.18. The normalized spacial score (nSPS) is 20.9. The maximum Gasteiger partial charge on any atom is 0.251 e. The molecule has 8 nitrogen and oxygen atoms in total. The van der Waals surface area contributed by atoms with Crippen molar-refractivity contribution in [3.8, 4) is 22.8 Å². The number of carbonyl (C=O) groups is 1. The average Bonchev–Trinajstić information content (AvgIpc) is 3.57. The Hall–Kier alpha value is -3.91. The summed E-state index contributed by atoms with van der Waals surface area (Å²) in [6, 6.07) is 15.7. The molecule has 3 heterocycles. The minimum Gasteiger partial charge on any atom is -0.439 e. The summed E-state index contributed by atoms with van der Waals surface area (Å²) in [7, 11) is 0. The molecule has 0 unspecified atom stereocenters. The topological polar surface area (TPSA) is 101 Å². The monoisotopic (exact) mass is 497 g/mol. The molecule has 1 aromatic carbocycles. The number of pyridine rings is 2. The molecule has 0 aliphatic heterocycles. The molecule has 6 rings (SSSR count). The third-order valence-corrected chi connectivity index (χ3v) is 7.18. The number of aliphatic hydroxyl groups is 1. The molecule has 2 fully saturated rings. The molecule has 0 bridgehead atoms. The van der Waals surface area contributed by atoms with Crippen LogP contribution >= 0.6 is 0 Å². The number of hydrogen-bond donors (Lipinski definition) is 3. The summed E-state index contributed by atoms with van der Waals surface area (Å²) in [5, 5.41) is 21.4. The highest BCUT2D eigenvalue weighted by molar-refractivity contribution is 5.97. The summed E-state index contributed by atoms with van der Waals surface area (Å²) >= 11 is 0. The summed E-state index contributed by atoms with van der Waals surface area (Å²) in [5.41, 5.74) is 3.86. The van der Waals surface area contributed by atoms with Gasteiger partial charge in [-0.2, -0.15) is 5.10 Å². The zero-order valence-corrected chi connectivity index (χ0v) is 21.1. The summed E-state index contributed by atoms with van der Waals surface area (Å²) in [5.74, 6) is 2.35. The molecule has 190 valence electrons. The quantitative estimate of drug-likeness (QED) is 0.318. The van der Waals surface area contributed by atoms with Gasteiger partial charge in [0.25, 0.3) is 5.91 Å². The molecular formula is C29H31N5O3. The van der Waals surface area contributed by atoms with Crippen LogP contribution in [0.2, 0.25) is 0 Å². The minimum absolute atomic E-state index is 0.0149. The average molecular weight is 498 g/mol. The number of rotatable bonds is 8. The van der Waals surface area contributed by atoms with Crippen molar-refractivity contribution in [2.75, 3.05) is 11.9 Å². The fraction of sp³-hybridized carbons (Fsp3) is 0.345. The van der Waals surface area contributed by atoms with E-state index in [0.29, 0.717) is 29.2 Å². The molecule has 0 spiro atoms. The number of hydrogen-bond acceptors (Lipinski definition) is 6. The highest BCUT2D eigenvalue weighted by atomic mass is 16.5. The van der Waals surface area contributed by atoms with Crippen LogP contribution in [0, 0.1) is 12.8 Å². The molecule has 37 heavy (non-hydrogen) atoms. The summed E-state index contributed by atoms with van der Waals surface area (Å²) < 4.78 is 7.98. The number of benzene rings is 1. The van der Waals surface area contributed by atoms with E-state index in [2.05, 4.69) is 20.7 Å². The Balaban J connectivity index is 1.33. The van der Waals surface area contributed by atoms with Gasteiger partial charge in [-0.15, -0.1) is 0 Å². The lowest BCUT2D eigenvalue weighted by Gasteiger charge is -2.41. The van der Waals surface area contributed by atoms with Crippen LogP contribution in [0.25, 0.3) is 16.6 Å². The SMILES string of the molecule is Cc1cc(-c2cnn3c(NCC4CC(C)(O)C4)cc(Oc4ccccn4)cc23)ccc1C(=O)NC1CC1. The third kappa shape index (κ3) is 5.02. The summed E-state index contributed by atoms with van der Waals surface area (Å²) in [6.45, 7) is 4.58. The van der Waals surface area contributed by atoms with Gasteiger partial charge in [0, 0.05) is 48.1 Å². The van der Waals surface area contributed by atoms with E-state index in [1.54, 1.807) is 6.20 Å². The van der Waals surface area contributed by atoms with Crippen LogP contribution < -0.4 is 15.4 Å². The summed E-state index contributed by atoms with van der Waals surface area (Å²) in [6.07, 6.45) is 7.21. The Labute approximate surface area is 215 Å². The minimum atomic E-state index is -0.565. The van der Waals surface area contributed by atoms with Crippen molar-refractivity contribution in [3.05, 3.63) is 72.1 Å². The molecule has 0 saturated heterocycles. The molecule has 0 atom stereocenters. The van der Waals surface area contributed by atoms with Gasteiger partial charge < -0.3 is 20.5 Å². The molecule has 2 aliphatic carbocycles. The standard InChI is InChI=1S/C29H31N5O3/c1-18-11-20(6-9-23(18)28(35)33-21-7-8-21)24-17-32-34-25(24)12-22(37-27-5-3-4-10-30-27)13-26(34)31-16-19-14-29(2,36)15-19/h3-6,9-13,17,19,21,31,36H,7-8,14-16H2,1-2H3,(H,33,35). The second-order valence-electron chi connectivity index (χ2n) is 10.6. The molecule has 3 N–H and O–H groups in total. The van der Waals surface area contributed by atoms with Crippen molar-refractivity contribution >= 4 is 17.2 Å². The first-order valence-electron chi connectivity index (χ1n) is 12.8. The van der Waals surface area contributed by atoms with Crippen molar-refractivity contribution in [1.82, 2.24) is 19.9 Å². The number of anilines is 1. The van der Waals surface area contributed by atoms with Gasteiger partial charge >= 0.3 is 0 Å². The number of carbonyl (C=O) groups excluding carboxylic acids is 1. The first-order chi connectivity index (χ1) is 17.8. The second-order valence-corrected chi connectivity index (χ2v) is 10.6. The number of aryl methyl sites for hydroxylation is 1. The van der Waals surface area contributed by atoms with Gasteiger partial charge in [-0.1, -0.05) is 18.2 Å². The van der Waals surface area contributed by atoms with Crippen LogP contribution in [-0.4, -0.2) is 43.8 Å². The number of ether oxygens (including phenoxy) is 1. The maximum atomic E-state index is 12.6. The lowest BCUT2D eigenvalue weighted by atomic mass is 9.72. The predicted molar refractivity (Wildman–Crippen MR) is 142 cm³/mol. The van der Waals surface area contributed by atoms with Gasteiger partial charge in [0.15, 0.2) is 0 Å². The van der Waals surface area contributed by atoms with Gasteiger partial charge in [-0.05, 0) is 68.7 Å². The van der Waals surface area contributed by atoms with Crippen LogP contribution in [0.3, 0.4) is 0 Å². The largest absolute Gasteiger partial charge is 0.439 e.